The Bertz CT molecular complexity index is 865. The smallest absolute Gasteiger partial charge is 0.416 e. The van der Waals surface area contributed by atoms with Crippen LogP contribution in [-0.4, -0.2) is 44.5 Å². The number of methoxy groups -OCH3 is 1. The summed E-state index contributed by atoms with van der Waals surface area (Å²) in [5.41, 5.74) is 0.635. The highest BCUT2D eigenvalue weighted by Crippen LogP contribution is 2.29. The van der Waals surface area contributed by atoms with Crippen molar-refractivity contribution in [2.45, 2.75) is 19.3 Å². The molecule has 0 radical (unpaired) electrons. The van der Waals surface area contributed by atoms with E-state index in [0.29, 0.717) is 18.1 Å². The summed E-state index contributed by atoms with van der Waals surface area (Å²) in [4.78, 5) is 17.6. The Morgan fingerprint density at radius 1 is 1.07 bits per heavy atom. The number of carbonyl (C=O) groups excluding carboxylic acids is 1. The average molecular weight is 422 g/mol. The molecule has 6 nitrogen and oxygen atoms in total. The second-order valence-electron chi connectivity index (χ2n) is 6.71. The lowest BCUT2D eigenvalue weighted by atomic mass is 10.1. The van der Waals surface area contributed by atoms with Gasteiger partial charge in [-0.15, -0.1) is 0 Å². The number of hydrogen-bond acceptors (Lipinski definition) is 3. The number of carbonyl (C=O) groups is 1. The summed E-state index contributed by atoms with van der Waals surface area (Å²) in [6.07, 6.45) is -4.41. The monoisotopic (exact) mass is 422 g/mol. The van der Waals surface area contributed by atoms with Gasteiger partial charge < -0.3 is 20.3 Å². The van der Waals surface area contributed by atoms with E-state index in [2.05, 4.69) is 15.6 Å². The zero-order chi connectivity index (χ0) is 22.1. The van der Waals surface area contributed by atoms with Gasteiger partial charge in [-0.05, 0) is 35.4 Å². The third kappa shape index (κ3) is 7.31. The van der Waals surface area contributed by atoms with Gasteiger partial charge in [0.1, 0.15) is 5.75 Å². The predicted octanol–water partition coefficient (Wildman–Crippen LogP) is 3.04. The quantitative estimate of drug-likeness (QED) is 0.532. The molecule has 2 N–H and O–H groups in total. The summed E-state index contributed by atoms with van der Waals surface area (Å²) in [5.74, 6) is 0.887. The minimum atomic E-state index is -4.41. The zero-order valence-corrected chi connectivity index (χ0v) is 17.1. The maximum atomic E-state index is 12.9. The van der Waals surface area contributed by atoms with Gasteiger partial charge in [0.05, 0.1) is 25.8 Å². The summed E-state index contributed by atoms with van der Waals surface area (Å²) in [5, 5.41) is 6.00. The van der Waals surface area contributed by atoms with Crippen molar-refractivity contribution in [1.29, 1.82) is 0 Å². The molecule has 0 unspecified atom stereocenters. The van der Waals surface area contributed by atoms with Crippen molar-refractivity contribution >= 4 is 11.9 Å². The number of nitrogens with zero attached hydrogens (tertiary/aromatic N) is 2. The lowest BCUT2D eigenvalue weighted by Crippen LogP contribution is -2.42. The second-order valence-corrected chi connectivity index (χ2v) is 6.71. The molecule has 2 aromatic carbocycles. The van der Waals surface area contributed by atoms with E-state index in [9.17, 15) is 18.0 Å². The van der Waals surface area contributed by atoms with Crippen LogP contribution in [0.15, 0.2) is 53.5 Å². The largest absolute Gasteiger partial charge is 0.497 e. The van der Waals surface area contributed by atoms with Crippen LogP contribution >= 0.6 is 0 Å². The maximum Gasteiger partial charge on any atom is 0.416 e. The highest BCUT2D eigenvalue weighted by atomic mass is 19.4. The lowest BCUT2D eigenvalue weighted by molar-refractivity contribution is -0.137. The normalized spacial score (nSPS) is 11.7. The van der Waals surface area contributed by atoms with Gasteiger partial charge in [0.25, 0.3) is 0 Å². The van der Waals surface area contributed by atoms with Crippen molar-refractivity contribution in [3.63, 3.8) is 0 Å². The molecule has 0 saturated carbocycles. The summed E-state index contributed by atoms with van der Waals surface area (Å²) in [6, 6.07) is 12.4. The summed E-state index contributed by atoms with van der Waals surface area (Å²) in [6.45, 7) is 0.441. The van der Waals surface area contributed by atoms with Crippen LogP contribution in [0.2, 0.25) is 0 Å². The number of rotatable bonds is 7. The molecule has 1 amide bonds. The van der Waals surface area contributed by atoms with E-state index in [1.54, 1.807) is 27.3 Å². The SMILES string of the molecule is COc1ccc(CNC(=NCc2cccc(C(F)(F)F)c2)NCC(=O)N(C)C)cc1. The van der Waals surface area contributed by atoms with Crippen molar-refractivity contribution in [2.75, 3.05) is 27.7 Å². The first-order valence-electron chi connectivity index (χ1n) is 9.20. The molecule has 0 aliphatic carbocycles. The van der Waals surface area contributed by atoms with E-state index in [1.165, 1.54) is 11.0 Å². The molecule has 0 aliphatic rings. The number of hydrogen-bond donors (Lipinski definition) is 2. The molecular weight excluding hydrogens is 397 g/mol. The molecule has 162 valence electrons. The van der Waals surface area contributed by atoms with Gasteiger partial charge in [-0.3, -0.25) is 4.79 Å². The average Bonchev–Trinajstić information content (AvgIpc) is 2.72. The Labute approximate surface area is 173 Å². The van der Waals surface area contributed by atoms with Gasteiger partial charge in [-0.1, -0.05) is 24.3 Å². The number of guanidine groups is 1. The standard InChI is InChI=1S/C21H25F3N4O2/c1-28(2)19(29)14-27-20(25-12-15-7-9-18(30-3)10-8-15)26-13-16-5-4-6-17(11-16)21(22,23)24/h4-11H,12-14H2,1-3H3,(H2,25,26,27). The third-order valence-corrected chi connectivity index (χ3v) is 4.20. The first-order chi connectivity index (χ1) is 14.2. The molecule has 30 heavy (non-hydrogen) atoms. The van der Waals surface area contributed by atoms with Gasteiger partial charge in [0.2, 0.25) is 5.91 Å². The minimum absolute atomic E-state index is 0.00400. The maximum absolute atomic E-state index is 12.9. The van der Waals surface area contributed by atoms with E-state index in [0.717, 1.165) is 23.4 Å². The van der Waals surface area contributed by atoms with Gasteiger partial charge >= 0.3 is 6.18 Å². The molecule has 0 heterocycles. The van der Waals surface area contributed by atoms with Crippen LogP contribution in [-0.2, 0) is 24.1 Å². The van der Waals surface area contributed by atoms with Gasteiger partial charge in [-0.2, -0.15) is 13.2 Å². The Balaban J connectivity index is 2.10. The summed E-state index contributed by atoms with van der Waals surface area (Å²) < 4.78 is 43.8. The third-order valence-electron chi connectivity index (χ3n) is 4.20. The summed E-state index contributed by atoms with van der Waals surface area (Å²) in [7, 11) is 4.85. The number of alkyl halides is 3. The fourth-order valence-corrected chi connectivity index (χ4v) is 2.44. The molecular formula is C21H25F3N4O2. The molecule has 2 aromatic rings. The molecule has 0 atom stereocenters. The highest BCUT2D eigenvalue weighted by Gasteiger charge is 2.30. The van der Waals surface area contributed by atoms with E-state index in [-0.39, 0.29) is 19.0 Å². The van der Waals surface area contributed by atoms with E-state index in [1.807, 2.05) is 24.3 Å². The molecule has 0 bridgehead atoms. The Hall–Kier alpha value is -3.23. The molecule has 0 fully saturated rings. The van der Waals surface area contributed by atoms with Crippen molar-refractivity contribution < 1.29 is 22.7 Å². The van der Waals surface area contributed by atoms with Crippen LogP contribution < -0.4 is 15.4 Å². The van der Waals surface area contributed by atoms with Crippen LogP contribution in [0.5, 0.6) is 5.75 Å². The fourth-order valence-electron chi connectivity index (χ4n) is 2.44. The first-order valence-corrected chi connectivity index (χ1v) is 9.20. The van der Waals surface area contributed by atoms with Crippen LogP contribution in [0.3, 0.4) is 0 Å². The van der Waals surface area contributed by atoms with Gasteiger partial charge in [0, 0.05) is 20.6 Å². The number of amides is 1. The lowest BCUT2D eigenvalue weighted by Gasteiger charge is -2.15. The predicted molar refractivity (Wildman–Crippen MR) is 109 cm³/mol. The summed E-state index contributed by atoms with van der Waals surface area (Å²) >= 11 is 0. The molecule has 9 heteroatoms. The molecule has 0 aromatic heterocycles. The van der Waals surface area contributed by atoms with Crippen LogP contribution in [0, 0.1) is 0 Å². The number of benzene rings is 2. The molecule has 2 rings (SSSR count). The highest BCUT2D eigenvalue weighted by molar-refractivity contribution is 5.86. The molecule has 0 saturated heterocycles. The van der Waals surface area contributed by atoms with Crippen LogP contribution in [0.4, 0.5) is 13.2 Å². The fraction of sp³-hybridized carbons (Fsp3) is 0.333. The van der Waals surface area contributed by atoms with Crippen LogP contribution in [0.25, 0.3) is 0 Å². The van der Waals surface area contributed by atoms with Crippen molar-refractivity contribution in [1.82, 2.24) is 15.5 Å². The number of ether oxygens (including phenoxy) is 1. The topological polar surface area (TPSA) is 66.0 Å². The van der Waals surface area contributed by atoms with Crippen molar-refractivity contribution in [3.8, 4) is 5.75 Å². The zero-order valence-electron chi connectivity index (χ0n) is 17.1. The van der Waals surface area contributed by atoms with Gasteiger partial charge in [0.15, 0.2) is 5.96 Å². The van der Waals surface area contributed by atoms with Crippen molar-refractivity contribution in [2.24, 2.45) is 4.99 Å². The Kier molecular flexibility index (Phi) is 8.08. The number of aliphatic imine (C=N–C) groups is 1. The number of likely N-dealkylation sites (N-methyl/N-ethyl adjacent to an activating group) is 1. The number of halogens is 3. The van der Waals surface area contributed by atoms with Gasteiger partial charge in [-0.25, -0.2) is 4.99 Å². The minimum Gasteiger partial charge on any atom is -0.497 e. The van der Waals surface area contributed by atoms with Crippen LogP contribution in [0.1, 0.15) is 16.7 Å². The Morgan fingerprint density at radius 3 is 2.37 bits per heavy atom. The van der Waals surface area contributed by atoms with E-state index < -0.39 is 11.7 Å². The van der Waals surface area contributed by atoms with E-state index in [4.69, 9.17) is 4.74 Å². The molecule has 0 spiro atoms. The second kappa shape index (κ2) is 10.5. The van der Waals surface area contributed by atoms with Crippen molar-refractivity contribution in [3.05, 3.63) is 65.2 Å². The first kappa shape index (κ1) is 23.1. The Morgan fingerprint density at radius 2 is 1.77 bits per heavy atom. The van der Waals surface area contributed by atoms with E-state index >= 15 is 0 Å². The number of nitrogens with one attached hydrogen (secondary N) is 2. The molecule has 0 aliphatic heterocycles.